The van der Waals surface area contributed by atoms with E-state index in [1.165, 1.54) is 0 Å². The lowest BCUT2D eigenvalue weighted by Gasteiger charge is -2.05. The van der Waals surface area contributed by atoms with Crippen LogP contribution < -0.4 is 0 Å². The predicted octanol–water partition coefficient (Wildman–Crippen LogP) is 2.19. The van der Waals surface area contributed by atoms with E-state index in [9.17, 15) is 5.11 Å². The Labute approximate surface area is 76.5 Å². The lowest BCUT2D eigenvalue weighted by atomic mass is 10.2. The van der Waals surface area contributed by atoms with E-state index in [-0.39, 0.29) is 6.10 Å². The second-order valence-corrected chi connectivity index (χ2v) is 8.68. The van der Waals surface area contributed by atoms with Crippen LogP contribution in [0.2, 0.25) is 19.6 Å². The van der Waals surface area contributed by atoms with Crippen molar-refractivity contribution in [3.63, 3.8) is 0 Å². The van der Waals surface area contributed by atoms with Crippen molar-refractivity contribution in [1.29, 1.82) is 0 Å². The zero-order valence-corrected chi connectivity index (χ0v) is 9.22. The zero-order chi connectivity index (χ0) is 9.61. The fraction of sp³-hybridized carbons (Fsp3) is 0.600. The Balaban J connectivity index is 3.78. The molecule has 1 nitrogen and oxygen atoms in total. The molecule has 0 saturated heterocycles. The summed E-state index contributed by atoms with van der Waals surface area (Å²) >= 11 is 0. The van der Waals surface area contributed by atoms with Crippen molar-refractivity contribution in [2.75, 3.05) is 0 Å². The van der Waals surface area contributed by atoms with Crippen molar-refractivity contribution in [3.05, 3.63) is 12.7 Å². The van der Waals surface area contributed by atoms with Crippen molar-refractivity contribution in [1.82, 2.24) is 0 Å². The second kappa shape index (κ2) is 5.18. The Hall–Kier alpha value is -0.523. The lowest BCUT2D eigenvalue weighted by molar-refractivity contribution is 0.184. The Morgan fingerprint density at radius 2 is 2.08 bits per heavy atom. The molecule has 0 aliphatic heterocycles. The first-order chi connectivity index (χ1) is 5.45. The summed E-state index contributed by atoms with van der Waals surface area (Å²) in [6, 6.07) is 0. The first kappa shape index (κ1) is 11.5. The first-order valence-corrected chi connectivity index (χ1v) is 7.74. The molecule has 0 bridgehead atoms. The molecule has 0 radical (unpaired) electrons. The number of aliphatic hydroxyl groups excluding tert-OH is 1. The number of hydrogen-bond acceptors (Lipinski definition) is 1. The minimum Gasteiger partial charge on any atom is -0.392 e. The first-order valence-electron chi connectivity index (χ1n) is 4.24. The molecule has 68 valence electrons. The van der Waals surface area contributed by atoms with E-state index in [4.69, 9.17) is 0 Å². The summed E-state index contributed by atoms with van der Waals surface area (Å²) in [4.78, 5) is 0. The highest BCUT2D eigenvalue weighted by atomic mass is 28.3. The molecular formula is C10H18OSi. The summed E-state index contributed by atoms with van der Waals surface area (Å²) in [7, 11) is -1.25. The smallest absolute Gasteiger partial charge is 0.129 e. The van der Waals surface area contributed by atoms with Gasteiger partial charge in [-0.25, -0.2) is 0 Å². The summed E-state index contributed by atoms with van der Waals surface area (Å²) in [5.74, 6) is 3.02. The quantitative estimate of drug-likeness (QED) is 0.403. The zero-order valence-electron chi connectivity index (χ0n) is 8.22. The van der Waals surface area contributed by atoms with Crippen molar-refractivity contribution in [2.24, 2.45) is 0 Å². The fourth-order valence-corrected chi connectivity index (χ4v) is 1.34. The van der Waals surface area contributed by atoms with Gasteiger partial charge in [-0.15, -0.1) is 18.0 Å². The molecular weight excluding hydrogens is 164 g/mol. The molecule has 1 N–H and O–H groups in total. The Morgan fingerprint density at radius 3 is 2.50 bits per heavy atom. The summed E-state index contributed by atoms with van der Waals surface area (Å²) in [6.07, 6.45) is 2.61. The van der Waals surface area contributed by atoms with E-state index in [0.717, 1.165) is 0 Å². The standard InChI is InChI=1S/C10H18OSi/c1-5-7-10(11)8-6-9-12(2,3)4/h5,10-11H,1,7-8H2,2-4H3/t10-/m1/s1. The van der Waals surface area contributed by atoms with Gasteiger partial charge in [0, 0.05) is 6.42 Å². The monoisotopic (exact) mass is 182 g/mol. The topological polar surface area (TPSA) is 20.2 Å². The van der Waals surface area contributed by atoms with Crippen LogP contribution in [0.15, 0.2) is 12.7 Å². The molecule has 0 unspecified atom stereocenters. The van der Waals surface area contributed by atoms with E-state index in [1.807, 2.05) is 0 Å². The van der Waals surface area contributed by atoms with Crippen LogP contribution in [0.4, 0.5) is 0 Å². The van der Waals surface area contributed by atoms with Crippen LogP contribution in [0.1, 0.15) is 12.8 Å². The summed E-state index contributed by atoms with van der Waals surface area (Å²) in [6.45, 7) is 10.1. The van der Waals surface area contributed by atoms with Crippen molar-refractivity contribution < 1.29 is 5.11 Å². The van der Waals surface area contributed by atoms with Crippen molar-refractivity contribution >= 4 is 8.07 Å². The molecule has 0 amide bonds. The minimum absolute atomic E-state index is 0.327. The average molecular weight is 182 g/mol. The Bertz CT molecular complexity index is 192. The van der Waals surface area contributed by atoms with Gasteiger partial charge in [-0.2, -0.15) is 0 Å². The highest BCUT2D eigenvalue weighted by Gasteiger charge is 2.07. The molecule has 0 aromatic heterocycles. The van der Waals surface area contributed by atoms with Crippen LogP contribution in [0, 0.1) is 11.5 Å². The molecule has 2 heteroatoms. The normalized spacial score (nSPS) is 13.0. The number of aliphatic hydroxyl groups is 1. The third kappa shape index (κ3) is 7.58. The van der Waals surface area contributed by atoms with Crippen LogP contribution >= 0.6 is 0 Å². The fourth-order valence-electron chi connectivity index (χ4n) is 0.710. The highest BCUT2D eigenvalue weighted by molar-refractivity contribution is 6.83. The molecule has 0 heterocycles. The second-order valence-electron chi connectivity index (χ2n) is 3.93. The Kier molecular flexibility index (Phi) is 4.95. The molecule has 0 aromatic rings. The van der Waals surface area contributed by atoms with Gasteiger partial charge in [0.2, 0.25) is 0 Å². The largest absolute Gasteiger partial charge is 0.392 e. The SMILES string of the molecule is C=CC[C@@H](O)CC#C[Si](C)(C)C. The highest BCUT2D eigenvalue weighted by Crippen LogP contribution is 1.99. The van der Waals surface area contributed by atoms with E-state index in [0.29, 0.717) is 12.8 Å². The maximum atomic E-state index is 9.29. The van der Waals surface area contributed by atoms with Gasteiger partial charge in [-0.3, -0.25) is 0 Å². The van der Waals surface area contributed by atoms with Crippen LogP contribution in [-0.2, 0) is 0 Å². The molecule has 0 rings (SSSR count). The van der Waals surface area contributed by atoms with E-state index >= 15 is 0 Å². The van der Waals surface area contributed by atoms with E-state index < -0.39 is 8.07 Å². The summed E-state index contributed by atoms with van der Waals surface area (Å²) < 4.78 is 0. The van der Waals surface area contributed by atoms with Crippen LogP contribution in [-0.4, -0.2) is 19.3 Å². The van der Waals surface area contributed by atoms with Gasteiger partial charge in [0.05, 0.1) is 6.10 Å². The van der Waals surface area contributed by atoms with Crippen LogP contribution in [0.3, 0.4) is 0 Å². The van der Waals surface area contributed by atoms with E-state index in [2.05, 4.69) is 37.7 Å². The third-order valence-electron chi connectivity index (χ3n) is 1.24. The van der Waals surface area contributed by atoms with Gasteiger partial charge in [-0.05, 0) is 6.42 Å². The minimum atomic E-state index is -1.25. The number of hydrogen-bond donors (Lipinski definition) is 1. The van der Waals surface area contributed by atoms with Gasteiger partial charge in [-0.1, -0.05) is 25.7 Å². The van der Waals surface area contributed by atoms with Gasteiger partial charge in [0.25, 0.3) is 0 Å². The molecule has 12 heavy (non-hydrogen) atoms. The molecule has 1 atom stereocenters. The third-order valence-corrected chi connectivity index (χ3v) is 2.17. The molecule has 0 aliphatic rings. The average Bonchev–Trinajstić information content (AvgIpc) is 1.84. The molecule has 0 aromatic carbocycles. The summed E-state index contributed by atoms with van der Waals surface area (Å²) in [5.41, 5.74) is 3.21. The van der Waals surface area contributed by atoms with Gasteiger partial charge in [0.1, 0.15) is 8.07 Å². The molecule has 0 fully saturated rings. The van der Waals surface area contributed by atoms with E-state index in [1.54, 1.807) is 6.08 Å². The maximum absolute atomic E-state index is 9.29. The molecule has 0 aliphatic carbocycles. The van der Waals surface area contributed by atoms with Gasteiger partial charge < -0.3 is 5.11 Å². The van der Waals surface area contributed by atoms with Gasteiger partial charge in [0.15, 0.2) is 0 Å². The van der Waals surface area contributed by atoms with Gasteiger partial charge >= 0.3 is 0 Å². The molecule has 0 saturated carbocycles. The Morgan fingerprint density at radius 1 is 1.50 bits per heavy atom. The van der Waals surface area contributed by atoms with Crippen LogP contribution in [0.5, 0.6) is 0 Å². The molecule has 0 spiro atoms. The number of rotatable bonds is 3. The van der Waals surface area contributed by atoms with Crippen LogP contribution in [0.25, 0.3) is 0 Å². The predicted molar refractivity (Wildman–Crippen MR) is 56.6 cm³/mol. The maximum Gasteiger partial charge on any atom is 0.129 e. The van der Waals surface area contributed by atoms with Crippen molar-refractivity contribution in [2.45, 2.75) is 38.6 Å². The summed E-state index contributed by atoms with van der Waals surface area (Å²) in [5, 5.41) is 9.29. The lowest BCUT2D eigenvalue weighted by Crippen LogP contribution is -2.16. The van der Waals surface area contributed by atoms with Crippen molar-refractivity contribution in [3.8, 4) is 11.5 Å².